The van der Waals surface area contributed by atoms with E-state index in [0.717, 1.165) is 36.7 Å². The molecule has 0 aromatic heterocycles. The van der Waals surface area contributed by atoms with Crippen molar-refractivity contribution < 1.29 is 4.79 Å². The number of nitrogens with one attached hydrogen (secondary N) is 1. The van der Waals surface area contributed by atoms with Crippen molar-refractivity contribution in [3.05, 3.63) is 28.8 Å². The van der Waals surface area contributed by atoms with Crippen LogP contribution in [0.1, 0.15) is 18.4 Å². The fraction of sp³-hybridized carbons (Fsp3) is 0.588. The maximum atomic E-state index is 12.0. The number of halogens is 1. The van der Waals surface area contributed by atoms with Crippen LogP contribution in [0.2, 0.25) is 5.02 Å². The summed E-state index contributed by atoms with van der Waals surface area (Å²) in [4.78, 5) is 14.3. The van der Waals surface area contributed by atoms with Gasteiger partial charge in [0.05, 0.1) is 6.04 Å². The molecule has 1 unspecified atom stereocenters. The van der Waals surface area contributed by atoms with E-state index < -0.39 is 6.04 Å². The van der Waals surface area contributed by atoms with Gasteiger partial charge < -0.3 is 16.0 Å². The summed E-state index contributed by atoms with van der Waals surface area (Å²) in [6.07, 6.45) is 3.83. The lowest BCUT2D eigenvalue weighted by Gasteiger charge is -2.21. The first-order chi connectivity index (χ1) is 11.0. The minimum atomic E-state index is -0.393. The van der Waals surface area contributed by atoms with Crippen molar-refractivity contribution in [3.63, 3.8) is 0 Å². The van der Waals surface area contributed by atoms with Gasteiger partial charge in [0.2, 0.25) is 5.91 Å². The van der Waals surface area contributed by atoms with Crippen LogP contribution < -0.4 is 16.0 Å². The highest BCUT2D eigenvalue weighted by atomic mass is 35.5. The highest BCUT2D eigenvalue weighted by molar-refractivity contribution is 7.98. The second-order valence-electron chi connectivity index (χ2n) is 6.16. The summed E-state index contributed by atoms with van der Waals surface area (Å²) in [6.45, 7) is 4.75. The van der Waals surface area contributed by atoms with Crippen molar-refractivity contribution >= 4 is 35.0 Å². The molecule has 128 valence electrons. The molecule has 1 aromatic carbocycles. The quantitative estimate of drug-likeness (QED) is 0.789. The molecule has 1 amide bonds. The van der Waals surface area contributed by atoms with Crippen LogP contribution in [0.4, 0.5) is 5.69 Å². The van der Waals surface area contributed by atoms with E-state index in [1.807, 2.05) is 18.4 Å². The summed E-state index contributed by atoms with van der Waals surface area (Å²) in [5, 5.41) is 3.77. The number of carbonyl (C=O) groups excluding carboxylic acids is 1. The lowest BCUT2D eigenvalue weighted by atomic mass is 10.1. The first-order valence-corrected chi connectivity index (χ1v) is 9.81. The molecule has 1 aliphatic heterocycles. The van der Waals surface area contributed by atoms with Gasteiger partial charge in [-0.15, -0.1) is 0 Å². The maximum Gasteiger partial charge on any atom is 0.236 e. The van der Waals surface area contributed by atoms with Crippen LogP contribution in [0.25, 0.3) is 0 Å². The van der Waals surface area contributed by atoms with Gasteiger partial charge in [0.1, 0.15) is 0 Å². The maximum absolute atomic E-state index is 12.0. The van der Waals surface area contributed by atoms with E-state index in [4.69, 9.17) is 17.3 Å². The fourth-order valence-electron chi connectivity index (χ4n) is 2.89. The first kappa shape index (κ1) is 18.4. The van der Waals surface area contributed by atoms with Gasteiger partial charge in [-0.25, -0.2) is 0 Å². The van der Waals surface area contributed by atoms with Crippen molar-refractivity contribution in [2.24, 2.45) is 11.7 Å². The zero-order chi connectivity index (χ0) is 16.8. The van der Waals surface area contributed by atoms with Crippen molar-refractivity contribution in [3.8, 4) is 0 Å². The lowest BCUT2D eigenvalue weighted by Crippen LogP contribution is -2.43. The number of nitrogens with two attached hydrogens (primary N) is 1. The molecule has 6 heteroatoms. The largest absolute Gasteiger partial charge is 0.371 e. The zero-order valence-corrected chi connectivity index (χ0v) is 15.4. The third-order valence-corrected chi connectivity index (χ3v) is 5.21. The molecule has 0 aliphatic carbocycles. The van der Waals surface area contributed by atoms with Crippen molar-refractivity contribution in [2.45, 2.75) is 25.8 Å². The SMILES string of the molecule is CSCC[C@H](N)C(=O)NCC1CCN(c2cc(Cl)ccc2C)C1. The molecule has 0 radical (unpaired) electrons. The van der Waals surface area contributed by atoms with E-state index in [0.29, 0.717) is 12.5 Å². The molecule has 3 N–H and O–H groups in total. The predicted octanol–water partition coefficient (Wildman–Crippen LogP) is 2.67. The summed E-state index contributed by atoms with van der Waals surface area (Å²) in [7, 11) is 0. The topological polar surface area (TPSA) is 58.4 Å². The van der Waals surface area contributed by atoms with E-state index in [9.17, 15) is 4.79 Å². The number of thioether (sulfide) groups is 1. The van der Waals surface area contributed by atoms with Crippen molar-refractivity contribution in [2.75, 3.05) is 36.5 Å². The number of nitrogens with zero attached hydrogens (tertiary/aromatic N) is 1. The van der Waals surface area contributed by atoms with Gasteiger partial charge in [0.15, 0.2) is 0 Å². The summed E-state index contributed by atoms with van der Waals surface area (Å²) in [5.74, 6) is 1.35. The first-order valence-electron chi connectivity index (χ1n) is 8.04. The number of anilines is 1. The standard InChI is InChI=1S/C17H26ClN3OS/c1-12-3-4-14(18)9-16(12)21-7-5-13(11-21)10-20-17(22)15(19)6-8-23-2/h3-4,9,13,15H,5-8,10-11,19H2,1-2H3,(H,20,22)/t13?,15-/m0/s1. The third-order valence-electron chi connectivity index (χ3n) is 4.33. The van der Waals surface area contributed by atoms with Crippen LogP contribution in [-0.4, -0.2) is 43.6 Å². The third kappa shape index (κ3) is 5.30. The lowest BCUT2D eigenvalue weighted by molar-refractivity contribution is -0.122. The summed E-state index contributed by atoms with van der Waals surface area (Å²) < 4.78 is 0. The molecule has 4 nitrogen and oxygen atoms in total. The average Bonchev–Trinajstić information content (AvgIpc) is 3.01. The highest BCUT2D eigenvalue weighted by Gasteiger charge is 2.24. The van der Waals surface area contributed by atoms with Crippen LogP contribution in [0.15, 0.2) is 18.2 Å². The molecule has 2 atom stereocenters. The monoisotopic (exact) mass is 355 g/mol. The molecule has 0 spiro atoms. The number of aryl methyl sites for hydroxylation is 1. The fourth-order valence-corrected chi connectivity index (χ4v) is 3.55. The highest BCUT2D eigenvalue weighted by Crippen LogP contribution is 2.29. The minimum absolute atomic E-state index is 0.0311. The Hall–Kier alpha value is -0.910. The average molecular weight is 356 g/mol. The van der Waals surface area contributed by atoms with Gasteiger partial charge in [-0.05, 0) is 55.4 Å². The molecule has 1 saturated heterocycles. The second-order valence-corrected chi connectivity index (χ2v) is 7.59. The smallest absolute Gasteiger partial charge is 0.236 e. The minimum Gasteiger partial charge on any atom is -0.371 e. The van der Waals surface area contributed by atoms with E-state index in [2.05, 4.69) is 23.2 Å². The molecule has 1 heterocycles. The molecular weight excluding hydrogens is 330 g/mol. The number of carbonyl (C=O) groups is 1. The Kier molecular flexibility index (Phi) is 7.06. The van der Waals surface area contributed by atoms with Gasteiger partial charge in [-0.1, -0.05) is 17.7 Å². The zero-order valence-electron chi connectivity index (χ0n) is 13.8. The molecule has 23 heavy (non-hydrogen) atoms. The predicted molar refractivity (Wildman–Crippen MR) is 100 cm³/mol. The van der Waals surface area contributed by atoms with E-state index in [-0.39, 0.29) is 5.91 Å². The molecular formula is C17H26ClN3OS. The summed E-state index contributed by atoms with van der Waals surface area (Å²) in [5.41, 5.74) is 8.32. The Morgan fingerprint density at radius 1 is 1.57 bits per heavy atom. The van der Waals surface area contributed by atoms with Crippen LogP contribution in [0.5, 0.6) is 0 Å². The molecule has 1 aliphatic rings. The van der Waals surface area contributed by atoms with Crippen molar-refractivity contribution in [1.29, 1.82) is 0 Å². The molecule has 0 bridgehead atoms. The molecule has 1 fully saturated rings. The van der Waals surface area contributed by atoms with Crippen molar-refractivity contribution in [1.82, 2.24) is 5.32 Å². The van der Waals surface area contributed by atoms with E-state index in [1.165, 1.54) is 11.3 Å². The van der Waals surface area contributed by atoms with Gasteiger partial charge >= 0.3 is 0 Å². The van der Waals surface area contributed by atoms with Gasteiger partial charge in [0.25, 0.3) is 0 Å². The van der Waals surface area contributed by atoms with Gasteiger partial charge in [0, 0.05) is 30.3 Å². The normalized spacial score (nSPS) is 19.0. The number of amides is 1. The Balaban J connectivity index is 1.81. The number of benzene rings is 1. The van der Waals surface area contributed by atoms with Crippen LogP contribution in [0.3, 0.4) is 0 Å². The molecule has 0 saturated carbocycles. The molecule has 1 aromatic rings. The van der Waals surface area contributed by atoms with Crippen LogP contribution in [-0.2, 0) is 4.79 Å². The van der Waals surface area contributed by atoms with E-state index >= 15 is 0 Å². The number of rotatable bonds is 7. The Bertz CT molecular complexity index is 541. The summed E-state index contributed by atoms with van der Waals surface area (Å²) in [6, 6.07) is 5.60. The Labute approximate surface area is 148 Å². The van der Waals surface area contributed by atoms with Gasteiger partial charge in [-0.3, -0.25) is 4.79 Å². The number of hydrogen-bond acceptors (Lipinski definition) is 4. The number of hydrogen-bond donors (Lipinski definition) is 2. The Morgan fingerprint density at radius 3 is 3.09 bits per heavy atom. The van der Waals surface area contributed by atoms with Crippen LogP contribution in [0, 0.1) is 12.8 Å². The Morgan fingerprint density at radius 2 is 2.35 bits per heavy atom. The van der Waals surface area contributed by atoms with E-state index in [1.54, 1.807) is 11.8 Å². The molecule has 2 rings (SSSR count). The van der Waals surface area contributed by atoms with Crippen LogP contribution >= 0.6 is 23.4 Å². The second kappa shape index (κ2) is 8.81. The van der Waals surface area contributed by atoms with Gasteiger partial charge in [-0.2, -0.15) is 11.8 Å². The summed E-state index contributed by atoms with van der Waals surface area (Å²) >= 11 is 7.83.